The van der Waals surface area contributed by atoms with Crippen LogP contribution >= 0.6 is 0 Å². The predicted octanol–water partition coefficient (Wildman–Crippen LogP) is 6.29. The highest BCUT2D eigenvalue weighted by Gasteiger charge is 2.57. The topological polar surface area (TPSA) is 111 Å². The number of anilines is 2. The minimum absolute atomic E-state index is 0.0368. The van der Waals surface area contributed by atoms with Crippen LogP contribution in [0.4, 0.5) is 29.3 Å². The number of carbonyl (C=O) groups is 2. The van der Waals surface area contributed by atoms with Gasteiger partial charge in [0, 0.05) is 37.3 Å². The normalized spacial score (nSPS) is 22.9. The van der Waals surface area contributed by atoms with Crippen molar-refractivity contribution in [3.8, 4) is 0 Å². The van der Waals surface area contributed by atoms with Gasteiger partial charge in [0.1, 0.15) is 11.6 Å². The molecule has 0 aromatic heterocycles. The second-order valence-electron chi connectivity index (χ2n) is 15.4. The van der Waals surface area contributed by atoms with E-state index in [9.17, 15) is 22.4 Å². The van der Waals surface area contributed by atoms with Gasteiger partial charge in [-0.3, -0.25) is 14.6 Å². The third-order valence-corrected chi connectivity index (χ3v) is 13.8. The van der Waals surface area contributed by atoms with E-state index in [0.717, 1.165) is 69.3 Å². The summed E-state index contributed by atoms with van der Waals surface area (Å²) in [5, 5.41) is 5.61. The molecule has 10 nitrogen and oxygen atoms in total. The van der Waals surface area contributed by atoms with E-state index in [-0.39, 0.29) is 64.5 Å². The zero-order valence-electron chi connectivity index (χ0n) is 31.0. The molecule has 3 aromatic rings. The highest BCUT2D eigenvalue weighted by molar-refractivity contribution is 7.91. The van der Waals surface area contributed by atoms with Crippen molar-refractivity contribution in [2.24, 2.45) is 11.8 Å². The van der Waals surface area contributed by atoms with Crippen LogP contribution in [0.5, 0.6) is 0 Å². The number of likely N-dealkylation sites (tertiary alicyclic amines) is 2. The average molecular weight is 780 g/mol. The Morgan fingerprint density at radius 1 is 0.945 bits per heavy atom. The number of methoxy groups -OCH3 is 1. The van der Waals surface area contributed by atoms with E-state index in [0.29, 0.717) is 13.1 Å². The van der Waals surface area contributed by atoms with Gasteiger partial charge in [0.15, 0.2) is 5.67 Å². The second-order valence-corrected chi connectivity index (χ2v) is 17.3. The minimum Gasteiger partial charge on any atom is -0.453 e. The molecular weight excluding hydrogens is 732 g/mol. The van der Waals surface area contributed by atoms with Gasteiger partial charge in [-0.05, 0) is 111 Å². The maximum atomic E-state index is 16.2. The molecule has 3 aliphatic heterocycles. The number of alkyl carbamates (subject to hydrolysis) is 1. The van der Waals surface area contributed by atoms with E-state index in [1.165, 1.54) is 49.6 Å². The number of hydrogen-bond acceptors (Lipinski definition) is 8. The maximum Gasteiger partial charge on any atom is 0.407 e. The average Bonchev–Trinajstić information content (AvgIpc) is 3.60. The van der Waals surface area contributed by atoms with Crippen molar-refractivity contribution in [2.75, 3.05) is 63.1 Å². The molecule has 1 unspecified atom stereocenters. The first kappa shape index (κ1) is 38.9. The van der Waals surface area contributed by atoms with E-state index >= 15 is 8.78 Å². The predicted molar refractivity (Wildman–Crippen MR) is 203 cm³/mol. The number of piperidine rings is 1. The first-order valence-electron chi connectivity index (χ1n) is 19.0. The molecule has 55 heavy (non-hydrogen) atoms. The quantitative estimate of drug-likeness (QED) is 0.207. The number of benzene rings is 3. The Labute approximate surface area is 320 Å². The molecule has 2 N–H and O–H groups in total. The van der Waals surface area contributed by atoms with E-state index in [1.54, 1.807) is 17.0 Å². The van der Waals surface area contributed by atoms with Crippen molar-refractivity contribution in [1.82, 2.24) is 15.1 Å². The summed E-state index contributed by atoms with van der Waals surface area (Å²) in [5.41, 5.74) is -0.782. The third-order valence-electron chi connectivity index (χ3n) is 12.1. The van der Waals surface area contributed by atoms with Gasteiger partial charge in [0.2, 0.25) is 15.7 Å². The molecule has 3 atom stereocenters. The molecule has 294 valence electrons. The molecule has 3 aromatic carbocycles. The number of nitrogens with zero attached hydrogens (tertiary/aromatic N) is 3. The molecule has 7 rings (SSSR count). The van der Waals surface area contributed by atoms with E-state index in [1.807, 2.05) is 6.07 Å². The number of nitrogens with one attached hydrogen (secondary N) is 2. The largest absolute Gasteiger partial charge is 0.453 e. The van der Waals surface area contributed by atoms with Gasteiger partial charge in [0.05, 0.1) is 41.2 Å². The monoisotopic (exact) mass is 779 g/mol. The number of alkyl halides is 1. The van der Waals surface area contributed by atoms with Crippen LogP contribution in [-0.2, 0) is 24.9 Å². The van der Waals surface area contributed by atoms with Crippen LogP contribution in [0.25, 0.3) is 0 Å². The van der Waals surface area contributed by atoms with Crippen molar-refractivity contribution in [3.63, 3.8) is 0 Å². The summed E-state index contributed by atoms with van der Waals surface area (Å²) >= 11 is 0. The molecule has 3 heterocycles. The lowest BCUT2D eigenvalue weighted by atomic mass is 9.62. The van der Waals surface area contributed by atoms with Crippen molar-refractivity contribution in [3.05, 3.63) is 96.6 Å². The zero-order chi connectivity index (χ0) is 39.0. The van der Waals surface area contributed by atoms with Crippen molar-refractivity contribution in [2.45, 2.75) is 65.6 Å². The van der Waals surface area contributed by atoms with Crippen LogP contribution in [0.3, 0.4) is 0 Å². The molecule has 14 heteroatoms. The van der Waals surface area contributed by atoms with Crippen molar-refractivity contribution in [1.29, 1.82) is 0 Å². The lowest BCUT2D eigenvalue weighted by molar-refractivity contribution is -0.111. The zero-order valence-corrected chi connectivity index (χ0v) is 31.8. The molecule has 4 fully saturated rings. The Kier molecular flexibility index (Phi) is 11.0. The second kappa shape index (κ2) is 15.6. The van der Waals surface area contributed by atoms with Gasteiger partial charge in [-0.1, -0.05) is 31.2 Å². The number of amides is 2. The summed E-state index contributed by atoms with van der Waals surface area (Å²) < 4.78 is 78.3. The SMILES string of the molecule is C=CC(=O)Nc1cccc(S(=O)(=O)c2ccc(N3CC(F)(CN4CCC(C(c5cccc(F)c5)([C@H]5CCC[C@@H]5NC(=O)OC)N5CCC5)CC4)C3)c(F)c2)c1. The van der Waals surface area contributed by atoms with Gasteiger partial charge in [0.25, 0.3) is 0 Å². The number of rotatable bonds is 12. The van der Waals surface area contributed by atoms with Crippen molar-refractivity contribution < 1.29 is 35.9 Å². The lowest BCUT2D eigenvalue weighted by Crippen LogP contribution is -2.66. The fourth-order valence-corrected chi connectivity index (χ4v) is 10.9. The fraction of sp³-hybridized carbons (Fsp3) is 0.463. The molecular formula is C41H48F3N5O5S. The Hall–Kier alpha value is -4.40. The van der Waals surface area contributed by atoms with E-state index in [4.69, 9.17) is 4.74 Å². The maximum absolute atomic E-state index is 16.2. The van der Waals surface area contributed by atoms with Crippen LogP contribution in [0.2, 0.25) is 0 Å². The summed E-state index contributed by atoms with van der Waals surface area (Å²) in [7, 11) is -2.75. The standard InChI is InChI=1S/C41H48F3N5O5S/c1-3-38(50)45-31-10-5-11-32(23-31)55(52,53)33-14-15-37(35(43)24-33)48-26-40(44,27-48)25-47-20-16-28(17-21-47)41(49-18-7-19-49,29-8-4-9-30(42)22-29)34-12-6-13-36(34)46-39(51)54-2/h3-5,8-11,14-15,22-24,28,34,36H,1,6-7,12-13,16-21,25-27H2,2H3,(H,45,50)(H,46,51)/t34-,36-,41?/m0/s1. The van der Waals surface area contributed by atoms with Gasteiger partial charge in [-0.2, -0.15) is 0 Å². The van der Waals surface area contributed by atoms with Crippen molar-refractivity contribution >= 4 is 33.2 Å². The lowest BCUT2D eigenvalue weighted by Gasteiger charge is -2.59. The van der Waals surface area contributed by atoms with Crippen LogP contribution in [0, 0.1) is 23.5 Å². The number of carbonyl (C=O) groups excluding carboxylic acids is 2. The number of ether oxygens (including phenoxy) is 1. The summed E-state index contributed by atoms with van der Waals surface area (Å²) in [6.45, 7) is 6.54. The Morgan fingerprint density at radius 3 is 2.33 bits per heavy atom. The van der Waals surface area contributed by atoms with Crippen LogP contribution < -0.4 is 15.5 Å². The molecule has 0 radical (unpaired) electrons. The molecule has 3 saturated heterocycles. The number of hydrogen-bond donors (Lipinski definition) is 2. The summed E-state index contributed by atoms with van der Waals surface area (Å²) in [5.74, 6) is -1.38. The fourth-order valence-electron chi connectivity index (χ4n) is 9.54. The molecule has 0 spiro atoms. The minimum atomic E-state index is -4.12. The smallest absolute Gasteiger partial charge is 0.407 e. The first-order valence-corrected chi connectivity index (χ1v) is 20.4. The molecule has 2 amide bonds. The summed E-state index contributed by atoms with van der Waals surface area (Å²) in [4.78, 5) is 30.0. The van der Waals surface area contributed by atoms with E-state index < -0.39 is 38.9 Å². The van der Waals surface area contributed by atoms with Crippen LogP contribution in [0.15, 0.2) is 89.2 Å². The first-order chi connectivity index (χ1) is 26.4. The van der Waals surface area contributed by atoms with Gasteiger partial charge in [-0.25, -0.2) is 26.4 Å². The molecule has 1 saturated carbocycles. The highest BCUT2D eigenvalue weighted by Crippen LogP contribution is 2.54. The number of sulfone groups is 1. The van der Waals surface area contributed by atoms with Gasteiger partial charge in [-0.15, -0.1) is 0 Å². The van der Waals surface area contributed by atoms with E-state index in [2.05, 4.69) is 27.0 Å². The summed E-state index contributed by atoms with van der Waals surface area (Å²) in [6, 6.07) is 16.1. The van der Waals surface area contributed by atoms with Crippen LogP contribution in [0.1, 0.15) is 44.1 Å². The third kappa shape index (κ3) is 7.60. The van der Waals surface area contributed by atoms with Crippen LogP contribution in [-0.4, -0.2) is 94.9 Å². The highest BCUT2D eigenvalue weighted by atomic mass is 32.2. The Balaban J connectivity index is 1.02. The molecule has 1 aliphatic carbocycles. The Bertz CT molecular complexity index is 2030. The van der Waals surface area contributed by atoms with Gasteiger partial charge >= 0.3 is 6.09 Å². The number of halogens is 3. The Morgan fingerprint density at radius 2 is 1.67 bits per heavy atom. The molecule has 4 aliphatic rings. The van der Waals surface area contributed by atoms with Gasteiger partial charge < -0.3 is 20.3 Å². The molecule has 0 bridgehead atoms. The summed E-state index contributed by atoms with van der Waals surface area (Å²) in [6.07, 6.45) is 5.81.